The van der Waals surface area contributed by atoms with Gasteiger partial charge in [0.1, 0.15) is 0 Å². The summed E-state index contributed by atoms with van der Waals surface area (Å²) in [6, 6.07) is 9.58. The van der Waals surface area contributed by atoms with E-state index in [2.05, 4.69) is 48.6 Å². The predicted molar refractivity (Wildman–Crippen MR) is 87.4 cm³/mol. The lowest BCUT2D eigenvalue weighted by Gasteiger charge is -2.36. The van der Waals surface area contributed by atoms with Crippen LogP contribution in [0.25, 0.3) is 0 Å². The fourth-order valence-corrected chi connectivity index (χ4v) is 2.98. The third-order valence-electron chi connectivity index (χ3n) is 4.40. The molecule has 1 heterocycles. The van der Waals surface area contributed by atoms with Crippen molar-refractivity contribution in [3.8, 4) is 0 Å². The van der Waals surface area contributed by atoms with Crippen molar-refractivity contribution in [1.29, 1.82) is 0 Å². The molecule has 0 spiro atoms. The van der Waals surface area contributed by atoms with Gasteiger partial charge in [-0.2, -0.15) is 0 Å². The normalized spacial score (nSPS) is 24.6. The minimum Gasteiger partial charge on any atom is -0.326 e. The summed E-state index contributed by atoms with van der Waals surface area (Å²) in [6.45, 7) is 7.16. The van der Waals surface area contributed by atoms with Gasteiger partial charge in [-0.1, -0.05) is 12.1 Å². The van der Waals surface area contributed by atoms with Gasteiger partial charge in [-0.05, 0) is 58.0 Å². The maximum atomic E-state index is 11.1. The SMILES string of the molecule is CC(=O)Nc1cccc(C(C)NC2CCN(C)C(C)C2)c1. The van der Waals surface area contributed by atoms with Gasteiger partial charge in [-0.3, -0.25) is 4.79 Å². The van der Waals surface area contributed by atoms with Gasteiger partial charge in [0.25, 0.3) is 0 Å². The molecule has 3 unspecified atom stereocenters. The summed E-state index contributed by atoms with van der Waals surface area (Å²) in [7, 11) is 2.20. The summed E-state index contributed by atoms with van der Waals surface area (Å²) in [5.41, 5.74) is 2.08. The van der Waals surface area contributed by atoms with E-state index in [4.69, 9.17) is 0 Å². The molecule has 21 heavy (non-hydrogen) atoms. The zero-order valence-corrected chi connectivity index (χ0v) is 13.5. The van der Waals surface area contributed by atoms with E-state index in [9.17, 15) is 4.79 Å². The first-order valence-corrected chi connectivity index (χ1v) is 7.79. The third kappa shape index (κ3) is 4.55. The van der Waals surface area contributed by atoms with Crippen molar-refractivity contribution in [2.24, 2.45) is 0 Å². The van der Waals surface area contributed by atoms with Gasteiger partial charge in [-0.15, -0.1) is 0 Å². The lowest BCUT2D eigenvalue weighted by atomic mass is 9.97. The number of carbonyl (C=O) groups excluding carboxylic acids is 1. The number of carbonyl (C=O) groups is 1. The van der Waals surface area contributed by atoms with Crippen molar-refractivity contribution in [2.75, 3.05) is 18.9 Å². The lowest BCUT2D eigenvalue weighted by Crippen LogP contribution is -2.46. The summed E-state index contributed by atoms with van der Waals surface area (Å²) in [5, 5.41) is 6.57. The Hall–Kier alpha value is -1.39. The molecule has 1 aromatic carbocycles. The third-order valence-corrected chi connectivity index (χ3v) is 4.40. The number of amides is 1. The predicted octanol–water partition coefficient (Wildman–Crippen LogP) is 2.78. The van der Waals surface area contributed by atoms with Gasteiger partial charge in [0.15, 0.2) is 0 Å². The molecule has 1 aliphatic rings. The minimum absolute atomic E-state index is 0.0306. The molecule has 0 saturated carbocycles. The topological polar surface area (TPSA) is 44.4 Å². The van der Waals surface area contributed by atoms with E-state index in [0.717, 1.165) is 12.2 Å². The molecular weight excluding hydrogens is 262 g/mol. The van der Waals surface area contributed by atoms with Crippen molar-refractivity contribution < 1.29 is 4.79 Å². The van der Waals surface area contributed by atoms with Crippen LogP contribution in [-0.2, 0) is 4.79 Å². The van der Waals surface area contributed by atoms with Gasteiger partial charge >= 0.3 is 0 Å². The highest BCUT2D eigenvalue weighted by atomic mass is 16.1. The van der Waals surface area contributed by atoms with Gasteiger partial charge < -0.3 is 15.5 Å². The van der Waals surface area contributed by atoms with Crippen LogP contribution in [0.15, 0.2) is 24.3 Å². The van der Waals surface area contributed by atoms with Crippen LogP contribution in [0.4, 0.5) is 5.69 Å². The molecule has 2 N–H and O–H groups in total. The smallest absolute Gasteiger partial charge is 0.221 e. The Bertz CT molecular complexity index is 489. The van der Waals surface area contributed by atoms with E-state index in [1.807, 2.05) is 12.1 Å². The number of nitrogens with one attached hydrogen (secondary N) is 2. The minimum atomic E-state index is -0.0306. The van der Waals surface area contributed by atoms with Gasteiger partial charge in [0.05, 0.1) is 0 Å². The first-order valence-electron chi connectivity index (χ1n) is 7.79. The van der Waals surface area contributed by atoms with E-state index in [1.165, 1.54) is 25.3 Å². The van der Waals surface area contributed by atoms with E-state index < -0.39 is 0 Å². The van der Waals surface area contributed by atoms with Gasteiger partial charge in [0.2, 0.25) is 5.91 Å². The molecule has 4 heteroatoms. The lowest BCUT2D eigenvalue weighted by molar-refractivity contribution is -0.114. The number of nitrogens with zero attached hydrogens (tertiary/aromatic N) is 1. The molecule has 2 rings (SSSR count). The fraction of sp³-hybridized carbons (Fsp3) is 0.588. The van der Waals surface area contributed by atoms with Crippen LogP contribution in [0.3, 0.4) is 0 Å². The number of hydrogen-bond acceptors (Lipinski definition) is 3. The molecule has 1 saturated heterocycles. The number of benzene rings is 1. The second-order valence-corrected chi connectivity index (χ2v) is 6.25. The first-order chi connectivity index (χ1) is 9.95. The zero-order valence-electron chi connectivity index (χ0n) is 13.5. The molecule has 0 radical (unpaired) electrons. The summed E-state index contributed by atoms with van der Waals surface area (Å²) < 4.78 is 0. The molecule has 0 aromatic heterocycles. The van der Waals surface area contributed by atoms with Crippen molar-refractivity contribution in [3.05, 3.63) is 29.8 Å². The molecule has 3 atom stereocenters. The standard InChI is InChI=1S/C17H27N3O/c1-12-10-17(8-9-20(12)4)18-13(2)15-6-5-7-16(11-15)19-14(3)21/h5-7,11-13,17-18H,8-10H2,1-4H3,(H,19,21). The average Bonchev–Trinajstić information content (AvgIpc) is 2.42. The van der Waals surface area contributed by atoms with Gasteiger partial charge in [-0.25, -0.2) is 0 Å². The van der Waals surface area contributed by atoms with Crippen LogP contribution in [0.5, 0.6) is 0 Å². The molecule has 1 aliphatic heterocycles. The van der Waals surface area contributed by atoms with Crippen LogP contribution in [0.2, 0.25) is 0 Å². The average molecular weight is 289 g/mol. The number of anilines is 1. The van der Waals surface area contributed by atoms with Crippen LogP contribution < -0.4 is 10.6 Å². The van der Waals surface area contributed by atoms with Crippen molar-refractivity contribution >= 4 is 11.6 Å². The largest absolute Gasteiger partial charge is 0.326 e. The molecule has 1 aromatic rings. The Kier molecular flexibility index (Phi) is 5.37. The monoisotopic (exact) mass is 289 g/mol. The highest BCUT2D eigenvalue weighted by molar-refractivity contribution is 5.88. The molecule has 1 amide bonds. The number of hydrogen-bond donors (Lipinski definition) is 2. The Morgan fingerprint density at radius 3 is 2.86 bits per heavy atom. The van der Waals surface area contributed by atoms with Crippen LogP contribution >= 0.6 is 0 Å². The second-order valence-electron chi connectivity index (χ2n) is 6.25. The first kappa shape index (κ1) is 16.0. The van der Waals surface area contributed by atoms with Crippen molar-refractivity contribution in [3.63, 3.8) is 0 Å². The Labute approximate surface area is 127 Å². The van der Waals surface area contributed by atoms with Crippen molar-refractivity contribution in [2.45, 2.75) is 51.7 Å². The van der Waals surface area contributed by atoms with E-state index >= 15 is 0 Å². The second kappa shape index (κ2) is 7.05. The maximum Gasteiger partial charge on any atom is 0.221 e. The van der Waals surface area contributed by atoms with Crippen LogP contribution in [0, 0.1) is 0 Å². The highest BCUT2D eigenvalue weighted by Crippen LogP contribution is 2.21. The van der Waals surface area contributed by atoms with Gasteiger partial charge in [0, 0.05) is 30.7 Å². The Morgan fingerprint density at radius 1 is 1.43 bits per heavy atom. The van der Waals surface area contributed by atoms with Crippen LogP contribution in [0.1, 0.15) is 45.2 Å². The summed E-state index contributed by atoms with van der Waals surface area (Å²) >= 11 is 0. The quantitative estimate of drug-likeness (QED) is 0.896. The summed E-state index contributed by atoms with van der Waals surface area (Å²) in [5.74, 6) is -0.0306. The van der Waals surface area contributed by atoms with E-state index in [-0.39, 0.29) is 5.91 Å². The van der Waals surface area contributed by atoms with Crippen LogP contribution in [-0.4, -0.2) is 36.5 Å². The Morgan fingerprint density at radius 2 is 2.19 bits per heavy atom. The number of piperidine rings is 1. The molecular formula is C17H27N3O. The molecule has 4 nitrogen and oxygen atoms in total. The fourth-order valence-electron chi connectivity index (χ4n) is 2.98. The maximum absolute atomic E-state index is 11.1. The molecule has 0 bridgehead atoms. The summed E-state index contributed by atoms with van der Waals surface area (Å²) in [6.07, 6.45) is 2.38. The Balaban J connectivity index is 1.96. The molecule has 116 valence electrons. The number of rotatable bonds is 4. The summed E-state index contributed by atoms with van der Waals surface area (Å²) in [4.78, 5) is 13.6. The molecule has 0 aliphatic carbocycles. The molecule has 1 fully saturated rings. The zero-order chi connectivity index (χ0) is 15.4. The van der Waals surface area contributed by atoms with E-state index in [0.29, 0.717) is 18.1 Å². The number of likely N-dealkylation sites (tertiary alicyclic amines) is 1. The van der Waals surface area contributed by atoms with E-state index in [1.54, 1.807) is 0 Å². The van der Waals surface area contributed by atoms with Crippen molar-refractivity contribution in [1.82, 2.24) is 10.2 Å². The highest BCUT2D eigenvalue weighted by Gasteiger charge is 2.23.